The van der Waals surface area contributed by atoms with Crippen molar-refractivity contribution < 1.29 is 9.53 Å². The number of imidazole rings is 1. The van der Waals surface area contributed by atoms with Crippen LogP contribution in [0.25, 0.3) is 16.8 Å². The summed E-state index contributed by atoms with van der Waals surface area (Å²) in [5, 5.41) is 3.13. The minimum absolute atomic E-state index is 0.0421. The molecule has 1 aliphatic heterocycles. The Morgan fingerprint density at radius 1 is 1.12 bits per heavy atom. The number of anilines is 1. The number of ether oxygens (including phenoxy) is 1. The van der Waals surface area contributed by atoms with E-state index < -0.39 is 0 Å². The molecule has 0 bridgehead atoms. The van der Waals surface area contributed by atoms with Gasteiger partial charge < -0.3 is 19.4 Å². The van der Waals surface area contributed by atoms with Gasteiger partial charge in [0.2, 0.25) is 0 Å². The van der Waals surface area contributed by atoms with Crippen LogP contribution in [-0.4, -0.2) is 40.5 Å². The Bertz CT molecular complexity index is 1310. The molecule has 2 aromatic heterocycles. The Labute approximate surface area is 200 Å². The number of amides is 2. The number of piperidine rings is 1. The average molecular weight is 455 g/mol. The maximum absolute atomic E-state index is 13.1. The van der Waals surface area contributed by atoms with Crippen LogP contribution in [0.15, 0.2) is 72.9 Å². The quantitative estimate of drug-likeness (QED) is 0.403. The summed E-state index contributed by atoms with van der Waals surface area (Å²) in [6.07, 6.45) is 4.90. The van der Waals surface area contributed by atoms with E-state index in [1.807, 2.05) is 53.4 Å². The second-order valence-electron chi connectivity index (χ2n) is 8.73. The van der Waals surface area contributed by atoms with Crippen LogP contribution >= 0.6 is 0 Å². The number of fused-ring (bicyclic) bond motifs is 1. The summed E-state index contributed by atoms with van der Waals surface area (Å²) in [6.45, 7) is 3.50. The van der Waals surface area contributed by atoms with Crippen LogP contribution in [0.1, 0.15) is 37.1 Å². The van der Waals surface area contributed by atoms with Gasteiger partial charge in [0.15, 0.2) is 0 Å². The van der Waals surface area contributed by atoms with Gasteiger partial charge in [0.25, 0.3) is 0 Å². The van der Waals surface area contributed by atoms with Crippen LogP contribution in [0.4, 0.5) is 10.5 Å². The molecule has 0 aliphatic carbocycles. The van der Waals surface area contributed by atoms with Crippen molar-refractivity contribution in [2.24, 2.45) is 0 Å². The molecule has 1 fully saturated rings. The maximum atomic E-state index is 13.1. The molecule has 3 heterocycles. The molecule has 0 spiro atoms. The first-order chi connectivity index (χ1) is 16.7. The molecule has 0 radical (unpaired) electrons. The summed E-state index contributed by atoms with van der Waals surface area (Å²) in [6, 6.07) is 22.1. The highest BCUT2D eigenvalue weighted by Crippen LogP contribution is 2.33. The fraction of sp³-hybridized carbons (Fsp3) is 0.286. The lowest BCUT2D eigenvalue weighted by molar-refractivity contribution is 0.191. The fourth-order valence-electron chi connectivity index (χ4n) is 4.85. The number of carbonyl (C=O) groups excluding carboxylic acids is 1. The molecule has 174 valence electrons. The zero-order valence-electron chi connectivity index (χ0n) is 19.7. The molecule has 0 saturated carbocycles. The number of nitrogens with one attached hydrogen (secondary N) is 1. The number of urea groups is 1. The Morgan fingerprint density at radius 2 is 1.97 bits per heavy atom. The van der Waals surface area contributed by atoms with Crippen LogP contribution in [0, 0.1) is 0 Å². The first kappa shape index (κ1) is 22.0. The van der Waals surface area contributed by atoms with Gasteiger partial charge in [0, 0.05) is 36.5 Å². The molecule has 2 amide bonds. The van der Waals surface area contributed by atoms with E-state index >= 15 is 0 Å². The molecular formula is C28H30N4O2. The van der Waals surface area contributed by atoms with E-state index in [1.54, 1.807) is 7.11 Å². The Balaban J connectivity index is 1.43. The maximum Gasteiger partial charge on any atom is 0.321 e. The van der Waals surface area contributed by atoms with E-state index in [9.17, 15) is 4.79 Å². The van der Waals surface area contributed by atoms with E-state index in [0.29, 0.717) is 6.54 Å². The van der Waals surface area contributed by atoms with Crippen LogP contribution < -0.4 is 10.1 Å². The van der Waals surface area contributed by atoms with Crippen molar-refractivity contribution in [1.82, 2.24) is 14.3 Å². The van der Waals surface area contributed by atoms with Crippen LogP contribution in [-0.2, 0) is 6.42 Å². The lowest BCUT2D eigenvalue weighted by Crippen LogP contribution is -2.42. The lowest BCUT2D eigenvalue weighted by Gasteiger charge is -2.32. The number of aromatic nitrogens is 2. The number of nitrogens with zero attached hydrogens (tertiary/aromatic N) is 3. The minimum atomic E-state index is -0.0421. The lowest BCUT2D eigenvalue weighted by atomic mass is 9.97. The van der Waals surface area contributed by atoms with E-state index in [1.165, 1.54) is 0 Å². The van der Waals surface area contributed by atoms with Gasteiger partial charge in [-0.05, 0) is 55.2 Å². The third kappa shape index (κ3) is 4.23. The van der Waals surface area contributed by atoms with Crippen molar-refractivity contribution in [3.8, 4) is 17.0 Å². The molecule has 1 N–H and O–H groups in total. The predicted molar refractivity (Wildman–Crippen MR) is 136 cm³/mol. The summed E-state index contributed by atoms with van der Waals surface area (Å²) in [7, 11) is 1.68. The van der Waals surface area contributed by atoms with Crippen molar-refractivity contribution in [3.05, 3.63) is 84.3 Å². The summed E-state index contributed by atoms with van der Waals surface area (Å²) in [5.41, 5.74) is 5.06. The van der Waals surface area contributed by atoms with Gasteiger partial charge in [0.1, 0.15) is 11.6 Å². The van der Waals surface area contributed by atoms with Gasteiger partial charge in [-0.15, -0.1) is 0 Å². The summed E-state index contributed by atoms with van der Waals surface area (Å²) < 4.78 is 7.61. The predicted octanol–water partition coefficient (Wildman–Crippen LogP) is 5.98. The number of methoxy groups -OCH3 is 1. The van der Waals surface area contributed by atoms with E-state index in [2.05, 4.69) is 41.0 Å². The molecule has 6 heteroatoms. The van der Waals surface area contributed by atoms with Gasteiger partial charge in [-0.1, -0.05) is 43.3 Å². The number of benzene rings is 2. The molecule has 4 aromatic rings. The van der Waals surface area contributed by atoms with Crippen molar-refractivity contribution in [2.45, 2.75) is 32.1 Å². The Kier molecular flexibility index (Phi) is 6.21. The van der Waals surface area contributed by atoms with Crippen molar-refractivity contribution in [1.29, 1.82) is 0 Å². The van der Waals surface area contributed by atoms with Gasteiger partial charge in [-0.25, -0.2) is 9.78 Å². The first-order valence-electron chi connectivity index (χ1n) is 11.9. The number of para-hydroxylation sites is 1. The highest BCUT2D eigenvalue weighted by molar-refractivity contribution is 5.90. The summed E-state index contributed by atoms with van der Waals surface area (Å²) in [4.78, 5) is 20.2. The second kappa shape index (κ2) is 9.59. The molecule has 1 saturated heterocycles. The highest BCUT2D eigenvalue weighted by Gasteiger charge is 2.29. The number of pyridine rings is 1. The number of aryl methyl sites for hydroxylation is 1. The van der Waals surface area contributed by atoms with E-state index in [-0.39, 0.29) is 11.9 Å². The van der Waals surface area contributed by atoms with Crippen LogP contribution in [0.3, 0.4) is 0 Å². The molecule has 1 atom stereocenters. The monoisotopic (exact) mass is 454 g/mol. The number of hydrogen-bond donors (Lipinski definition) is 1. The third-order valence-electron chi connectivity index (χ3n) is 6.63. The molecule has 1 unspecified atom stereocenters. The van der Waals surface area contributed by atoms with E-state index in [4.69, 9.17) is 9.72 Å². The number of carbonyl (C=O) groups is 1. The molecule has 1 aliphatic rings. The highest BCUT2D eigenvalue weighted by atomic mass is 16.5. The SMILES string of the molecule is CCc1ccccc1NC(=O)N1CCCC(c2nc(-c3cccc(OC)c3)c3ccccn23)C1. The van der Waals surface area contributed by atoms with Crippen LogP contribution in [0.2, 0.25) is 0 Å². The van der Waals surface area contributed by atoms with Gasteiger partial charge in [-0.3, -0.25) is 0 Å². The molecular weight excluding hydrogens is 424 g/mol. The van der Waals surface area contributed by atoms with Gasteiger partial charge >= 0.3 is 6.03 Å². The van der Waals surface area contributed by atoms with Crippen molar-refractivity contribution in [2.75, 3.05) is 25.5 Å². The Hall–Kier alpha value is -3.80. The zero-order chi connectivity index (χ0) is 23.5. The Morgan fingerprint density at radius 3 is 2.82 bits per heavy atom. The fourth-order valence-corrected chi connectivity index (χ4v) is 4.85. The largest absolute Gasteiger partial charge is 0.497 e. The minimum Gasteiger partial charge on any atom is -0.497 e. The summed E-state index contributed by atoms with van der Waals surface area (Å²) >= 11 is 0. The van der Waals surface area contributed by atoms with Crippen LogP contribution in [0.5, 0.6) is 5.75 Å². The van der Waals surface area contributed by atoms with E-state index in [0.717, 1.165) is 65.4 Å². The molecule has 5 rings (SSSR count). The zero-order valence-corrected chi connectivity index (χ0v) is 19.7. The topological polar surface area (TPSA) is 58.9 Å². The smallest absolute Gasteiger partial charge is 0.321 e. The molecule has 6 nitrogen and oxygen atoms in total. The molecule has 34 heavy (non-hydrogen) atoms. The second-order valence-corrected chi connectivity index (χ2v) is 8.73. The number of likely N-dealkylation sites (tertiary alicyclic amines) is 1. The first-order valence-corrected chi connectivity index (χ1v) is 11.9. The van der Waals surface area contributed by atoms with Crippen molar-refractivity contribution in [3.63, 3.8) is 0 Å². The van der Waals surface area contributed by atoms with Gasteiger partial charge in [-0.2, -0.15) is 0 Å². The summed E-state index contributed by atoms with van der Waals surface area (Å²) in [5.74, 6) is 1.97. The standard InChI is InChI=1S/C28H30N4O2/c1-3-20-10-4-5-14-24(20)29-28(33)31-16-9-12-22(19-31)27-30-26(25-15-6-7-17-32(25)27)21-11-8-13-23(18-21)34-2/h4-8,10-11,13-15,17-18,22H,3,9,12,16,19H2,1-2H3,(H,29,33). The average Bonchev–Trinajstić information content (AvgIpc) is 3.29. The normalized spacial score (nSPS) is 15.9. The number of rotatable bonds is 5. The van der Waals surface area contributed by atoms with Gasteiger partial charge in [0.05, 0.1) is 18.3 Å². The third-order valence-corrected chi connectivity index (χ3v) is 6.63. The number of hydrogen-bond acceptors (Lipinski definition) is 3. The molecule has 2 aromatic carbocycles. The van der Waals surface area contributed by atoms with Crippen molar-refractivity contribution >= 4 is 17.2 Å².